The number of carbonyl (C=O) groups is 3. The van der Waals surface area contributed by atoms with Gasteiger partial charge in [0.25, 0.3) is 0 Å². The molecule has 0 aliphatic carbocycles. The summed E-state index contributed by atoms with van der Waals surface area (Å²) in [6, 6.07) is 16.4. The van der Waals surface area contributed by atoms with E-state index in [0.29, 0.717) is 32.0 Å². The van der Waals surface area contributed by atoms with E-state index >= 15 is 0 Å². The fraction of sp³-hybridized carbons (Fsp3) is 0.553. The molecule has 4 aliphatic rings. The molecule has 3 saturated heterocycles. The van der Waals surface area contributed by atoms with Gasteiger partial charge in [0.15, 0.2) is 0 Å². The summed E-state index contributed by atoms with van der Waals surface area (Å²) < 4.78 is 0. The van der Waals surface area contributed by atoms with Gasteiger partial charge in [-0.05, 0) is 124 Å². The van der Waals surface area contributed by atoms with Crippen LogP contribution in [-0.4, -0.2) is 101 Å². The number of carbonyl (C=O) groups excluding carboxylic acids is 3. The van der Waals surface area contributed by atoms with Gasteiger partial charge in [-0.3, -0.25) is 9.59 Å². The average molecular weight is 639 g/mol. The highest BCUT2D eigenvalue weighted by atomic mass is 16.2. The lowest BCUT2D eigenvalue weighted by molar-refractivity contribution is -0.143. The predicted octanol–water partition coefficient (Wildman–Crippen LogP) is 5.38. The summed E-state index contributed by atoms with van der Waals surface area (Å²) in [5, 5.41) is 4.22. The second-order valence-corrected chi connectivity index (χ2v) is 14.5. The zero-order chi connectivity index (χ0) is 32.3. The van der Waals surface area contributed by atoms with E-state index in [9.17, 15) is 14.4 Å². The van der Waals surface area contributed by atoms with Crippen LogP contribution in [0.25, 0.3) is 10.9 Å². The molecule has 250 valence electrons. The summed E-state index contributed by atoms with van der Waals surface area (Å²) in [6.07, 6.45) is 9.72. The monoisotopic (exact) mass is 638 g/mol. The Balaban J connectivity index is 0.981. The third-order valence-corrected chi connectivity index (χ3v) is 11.6. The minimum atomic E-state index is -0.383. The third-order valence-electron chi connectivity index (χ3n) is 11.6. The van der Waals surface area contributed by atoms with Gasteiger partial charge in [0.05, 0.1) is 5.92 Å². The summed E-state index contributed by atoms with van der Waals surface area (Å²) in [7, 11) is 2.21. The van der Waals surface area contributed by atoms with Crippen molar-refractivity contribution in [3.05, 3.63) is 65.9 Å². The van der Waals surface area contributed by atoms with E-state index in [2.05, 4.69) is 57.5 Å². The molecule has 4 amide bonds. The number of nitrogens with zero attached hydrogens (tertiary/aromatic N) is 4. The van der Waals surface area contributed by atoms with E-state index in [-0.39, 0.29) is 36.2 Å². The first-order chi connectivity index (χ1) is 22.9. The first-order valence-corrected chi connectivity index (χ1v) is 17.9. The molecule has 2 aromatic carbocycles. The molecular formula is C38H50N6O3. The topological polar surface area (TPSA) is 92.0 Å². The first-order valence-electron chi connectivity index (χ1n) is 17.9. The van der Waals surface area contributed by atoms with Gasteiger partial charge in [0.1, 0.15) is 0 Å². The van der Waals surface area contributed by atoms with Crippen molar-refractivity contribution in [1.29, 1.82) is 0 Å². The molecule has 1 atom stereocenters. The summed E-state index contributed by atoms with van der Waals surface area (Å²) >= 11 is 0. The van der Waals surface area contributed by atoms with Gasteiger partial charge in [-0.1, -0.05) is 24.3 Å². The van der Waals surface area contributed by atoms with Crippen LogP contribution in [-0.2, 0) is 22.4 Å². The van der Waals surface area contributed by atoms with Crippen LogP contribution in [0, 0.1) is 17.8 Å². The van der Waals surface area contributed by atoms with E-state index in [4.69, 9.17) is 0 Å². The molecule has 0 bridgehead atoms. The molecule has 1 unspecified atom stereocenters. The Hall–Kier alpha value is -3.85. The minimum Gasteiger partial charge on any atom is -0.361 e. The van der Waals surface area contributed by atoms with Crippen LogP contribution >= 0.6 is 0 Å². The van der Waals surface area contributed by atoms with Crippen molar-refractivity contribution in [3.63, 3.8) is 0 Å². The number of aromatic amines is 1. The number of benzene rings is 2. The van der Waals surface area contributed by atoms with Crippen molar-refractivity contribution >= 4 is 34.4 Å². The number of fused-ring (bicyclic) bond motifs is 2. The van der Waals surface area contributed by atoms with Gasteiger partial charge in [-0.2, -0.15) is 0 Å². The van der Waals surface area contributed by atoms with Gasteiger partial charge >= 0.3 is 6.03 Å². The summed E-state index contributed by atoms with van der Waals surface area (Å²) in [4.78, 5) is 52.8. The highest BCUT2D eigenvalue weighted by Gasteiger charge is 2.36. The Kier molecular flexibility index (Phi) is 9.52. The molecule has 5 heterocycles. The van der Waals surface area contributed by atoms with E-state index in [1.165, 1.54) is 25.9 Å². The van der Waals surface area contributed by atoms with Crippen LogP contribution in [0.2, 0.25) is 0 Å². The molecule has 47 heavy (non-hydrogen) atoms. The quantitative estimate of drug-likeness (QED) is 0.364. The Labute approximate surface area is 278 Å². The van der Waals surface area contributed by atoms with Crippen molar-refractivity contribution in [2.75, 3.05) is 58.2 Å². The molecule has 2 N–H and O–H groups in total. The SMILES string of the molecule is CN1CCC(C2CCN(C(=O)C(CC(=O)N3CCC(N4CCc5ccccc5NC4=O)CC3)Cc3ccc4[nH]ccc4c3)CC2)CC1. The third kappa shape index (κ3) is 7.20. The Morgan fingerprint density at radius 3 is 2.30 bits per heavy atom. The van der Waals surface area contributed by atoms with Gasteiger partial charge in [0, 0.05) is 62.6 Å². The summed E-state index contributed by atoms with van der Waals surface area (Å²) in [6.45, 7) is 5.84. The maximum absolute atomic E-state index is 14.2. The zero-order valence-electron chi connectivity index (χ0n) is 27.8. The van der Waals surface area contributed by atoms with Crippen LogP contribution in [0.15, 0.2) is 54.7 Å². The smallest absolute Gasteiger partial charge is 0.322 e. The number of amides is 4. The number of hydrogen-bond acceptors (Lipinski definition) is 4. The molecular weight excluding hydrogens is 588 g/mol. The number of aromatic nitrogens is 1. The van der Waals surface area contributed by atoms with Crippen molar-refractivity contribution in [2.45, 2.75) is 63.8 Å². The summed E-state index contributed by atoms with van der Waals surface area (Å²) in [5.74, 6) is 1.27. The molecule has 4 aliphatic heterocycles. The predicted molar refractivity (Wildman–Crippen MR) is 185 cm³/mol. The second kappa shape index (κ2) is 14.1. The van der Waals surface area contributed by atoms with E-state index < -0.39 is 0 Å². The minimum absolute atomic E-state index is 0.0515. The Morgan fingerprint density at radius 1 is 0.830 bits per heavy atom. The summed E-state index contributed by atoms with van der Waals surface area (Å²) in [5.41, 5.74) is 4.23. The highest BCUT2D eigenvalue weighted by molar-refractivity contribution is 5.91. The van der Waals surface area contributed by atoms with Crippen LogP contribution in [0.3, 0.4) is 0 Å². The van der Waals surface area contributed by atoms with E-state index in [1.807, 2.05) is 34.2 Å². The molecule has 9 heteroatoms. The maximum Gasteiger partial charge on any atom is 0.322 e. The van der Waals surface area contributed by atoms with Crippen molar-refractivity contribution in [3.8, 4) is 0 Å². The largest absolute Gasteiger partial charge is 0.361 e. The lowest BCUT2D eigenvalue weighted by atomic mass is 9.78. The van der Waals surface area contributed by atoms with Crippen LogP contribution in [0.5, 0.6) is 0 Å². The first kappa shape index (κ1) is 31.7. The molecule has 7 rings (SSSR count). The fourth-order valence-electron chi connectivity index (χ4n) is 8.62. The number of piperidine rings is 3. The fourth-order valence-corrected chi connectivity index (χ4v) is 8.62. The Bertz CT molecular complexity index is 1560. The molecule has 0 spiro atoms. The molecule has 1 aromatic heterocycles. The molecule has 9 nitrogen and oxygen atoms in total. The Morgan fingerprint density at radius 2 is 1.53 bits per heavy atom. The normalized spacial score (nSPS) is 21.4. The average Bonchev–Trinajstić information content (AvgIpc) is 3.50. The van der Waals surface area contributed by atoms with Gasteiger partial charge in [-0.25, -0.2) is 4.79 Å². The van der Waals surface area contributed by atoms with Gasteiger partial charge in [-0.15, -0.1) is 0 Å². The van der Waals surface area contributed by atoms with E-state index in [1.54, 1.807) is 0 Å². The number of rotatable bonds is 7. The number of nitrogens with one attached hydrogen (secondary N) is 2. The lowest BCUT2D eigenvalue weighted by Crippen LogP contribution is -2.50. The number of hydrogen-bond donors (Lipinski definition) is 2. The van der Waals surface area contributed by atoms with E-state index in [0.717, 1.165) is 78.8 Å². The molecule has 0 radical (unpaired) electrons. The van der Waals surface area contributed by atoms with Crippen LogP contribution in [0.1, 0.15) is 56.1 Å². The number of H-pyrrole nitrogens is 1. The molecule has 3 fully saturated rings. The lowest BCUT2D eigenvalue weighted by Gasteiger charge is -2.40. The number of anilines is 1. The number of likely N-dealkylation sites (tertiary alicyclic amines) is 3. The molecule has 0 saturated carbocycles. The standard InChI is InChI=1S/C38H50N6O3/c1-41-17-9-28(10-18-41)29-11-19-43(20-12-29)37(46)32(25-27-6-7-34-31(24-27)8-16-39-34)26-36(45)42-21-14-33(15-22-42)44-23-13-30-4-2-3-5-35(30)40-38(44)47/h2-8,16,24,28-29,32-33,39H,9-15,17-23,25-26H2,1H3,(H,40,47). The van der Waals surface area contributed by atoms with Gasteiger partial charge < -0.3 is 29.9 Å². The molecule has 3 aromatic rings. The van der Waals surface area contributed by atoms with Crippen LogP contribution in [0.4, 0.5) is 10.5 Å². The maximum atomic E-state index is 14.2. The van der Waals surface area contributed by atoms with Crippen molar-refractivity contribution in [1.82, 2.24) is 24.6 Å². The zero-order valence-corrected chi connectivity index (χ0v) is 27.8. The number of urea groups is 1. The van der Waals surface area contributed by atoms with Crippen molar-refractivity contribution in [2.24, 2.45) is 17.8 Å². The van der Waals surface area contributed by atoms with Gasteiger partial charge in [0.2, 0.25) is 11.8 Å². The second-order valence-electron chi connectivity index (χ2n) is 14.5. The van der Waals surface area contributed by atoms with Crippen molar-refractivity contribution < 1.29 is 14.4 Å². The highest BCUT2D eigenvalue weighted by Crippen LogP contribution is 2.33. The number of para-hydroxylation sites is 1. The van der Waals surface area contributed by atoms with Crippen LogP contribution < -0.4 is 5.32 Å².